The van der Waals surface area contributed by atoms with Crippen LogP contribution in [0.5, 0.6) is 0 Å². The summed E-state index contributed by atoms with van der Waals surface area (Å²) >= 11 is 0. The van der Waals surface area contributed by atoms with Gasteiger partial charge in [0, 0.05) is 32.0 Å². The molecule has 1 aromatic heterocycles. The lowest BCUT2D eigenvalue weighted by Crippen LogP contribution is -2.43. The molecule has 0 aliphatic carbocycles. The van der Waals surface area contributed by atoms with Crippen molar-refractivity contribution in [3.8, 4) is 0 Å². The van der Waals surface area contributed by atoms with Crippen LogP contribution in [0, 0.1) is 5.92 Å². The van der Waals surface area contributed by atoms with E-state index in [9.17, 15) is 4.79 Å². The summed E-state index contributed by atoms with van der Waals surface area (Å²) in [6, 6.07) is 4.16. The summed E-state index contributed by atoms with van der Waals surface area (Å²) in [7, 11) is 0. The van der Waals surface area contributed by atoms with Crippen molar-refractivity contribution < 1.29 is 4.79 Å². The first-order chi connectivity index (χ1) is 10.3. The highest BCUT2D eigenvalue weighted by Crippen LogP contribution is 2.20. The third-order valence-corrected chi connectivity index (χ3v) is 4.67. The van der Waals surface area contributed by atoms with Crippen LogP contribution in [0.15, 0.2) is 24.5 Å². The zero-order valence-electron chi connectivity index (χ0n) is 12.7. The van der Waals surface area contributed by atoms with E-state index in [4.69, 9.17) is 0 Å². The quantitative estimate of drug-likeness (QED) is 0.849. The standard InChI is InChI=1S/C17H25N3O/c21-17(20-9-1-2-10-20)14-19-8-4-6-16(13-19)11-15-5-3-7-18-12-15/h3,5,7,12,16H,1-2,4,6,8-11,13-14H2/t16-/m1/s1. The van der Waals surface area contributed by atoms with Crippen LogP contribution in [0.2, 0.25) is 0 Å². The molecule has 0 N–H and O–H groups in total. The molecule has 4 nitrogen and oxygen atoms in total. The van der Waals surface area contributed by atoms with Gasteiger partial charge in [0.05, 0.1) is 6.54 Å². The number of carbonyl (C=O) groups is 1. The van der Waals surface area contributed by atoms with Gasteiger partial charge in [-0.05, 0) is 56.2 Å². The Morgan fingerprint density at radius 1 is 1.24 bits per heavy atom. The smallest absolute Gasteiger partial charge is 0.236 e. The van der Waals surface area contributed by atoms with E-state index in [-0.39, 0.29) is 0 Å². The maximum absolute atomic E-state index is 12.3. The Balaban J connectivity index is 1.49. The van der Waals surface area contributed by atoms with Crippen molar-refractivity contribution in [3.05, 3.63) is 30.1 Å². The van der Waals surface area contributed by atoms with Gasteiger partial charge in [-0.15, -0.1) is 0 Å². The number of carbonyl (C=O) groups excluding carboxylic acids is 1. The van der Waals surface area contributed by atoms with E-state index in [1.54, 1.807) is 0 Å². The number of amides is 1. The van der Waals surface area contributed by atoms with Crippen LogP contribution in [0.4, 0.5) is 0 Å². The Kier molecular flexibility index (Phi) is 4.86. The van der Waals surface area contributed by atoms with Gasteiger partial charge in [-0.2, -0.15) is 0 Å². The van der Waals surface area contributed by atoms with Crippen molar-refractivity contribution in [2.45, 2.75) is 32.1 Å². The summed E-state index contributed by atoms with van der Waals surface area (Å²) in [5, 5.41) is 0. The van der Waals surface area contributed by atoms with Crippen LogP contribution in [-0.2, 0) is 11.2 Å². The second-order valence-electron chi connectivity index (χ2n) is 6.40. The number of nitrogens with zero attached hydrogens (tertiary/aromatic N) is 3. The van der Waals surface area contributed by atoms with E-state index in [1.807, 2.05) is 23.4 Å². The van der Waals surface area contributed by atoms with Crippen molar-refractivity contribution >= 4 is 5.91 Å². The molecule has 2 fully saturated rings. The highest BCUT2D eigenvalue weighted by Gasteiger charge is 2.25. The number of hydrogen-bond acceptors (Lipinski definition) is 3. The van der Waals surface area contributed by atoms with Gasteiger partial charge >= 0.3 is 0 Å². The molecular weight excluding hydrogens is 262 g/mol. The largest absolute Gasteiger partial charge is 0.342 e. The molecule has 1 atom stereocenters. The Morgan fingerprint density at radius 2 is 2.10 bits per heavy atom. The lowest BCUT2D eigenvalue weighted by Gasteiger charge is -2.33. The van der Waals surface area contributed by atoms with E-state index in [1.165, 1.54) is 31.2 Å². The lowest BCUT2D eigenvalue weighted by molar-refractivity contribution is -0.131. The summed E-state index contributed by atoms with van der Waals surface area (Å²) in [4.78, 5) is 20.8. The Morgan fingerprint density at radius 3 is 2.86 bits per heavy atom. The molecule has 0 bridgehead atoms. The highest BCUT2D eigenvalue weighted by molar-refractivity contribution is 5.78. The van der Waals surface area contributed by atoms with Gasteiger partial charge in [0.1, 0.15) is 0 Å². The van der Waals surface area contributed by atoms with Gasteiger partial charge in [-0.1, -0.05) is 6.07 Å². The molecule has 2 saturated heterocycles. The highest BCUT2D eigenvalue weighted by atomic mass is 16.2. The summed E-state index contributed by atoms with van der Waals surface area (Å²) in [5.74, 6) is 0.990. The first-order valence-corrected chi connectivity index (χ1v) is 8.20. The van der Waals surface area contributed by atoms with Gasteiger partial charge in [0.15, 0.2) is 0 Å². The third kappa shape index (κ3) is 4.03. The number of hydrogen-bond donors (Lipinski definition) is 0. The maximum atomic E-state index is 12.3. The van der Waals surface area contributed by atoms with E-state index in [0.29, 0.717) is 18.4 Å². The summed E-state index contributed by atoms with van der Waals surface area (Å²) in [6.45, 7) is 4.67. The SMILES string of the molecule is O=C(CN1CCC[C@H](Cc2cccnc2)C1)N1CCCC1. The predicted molar refractivity (Wildman–Crippen MR) is 82.9 cm³/mol. The van der Waals surface area contributed by atoms with Crippen LogP contribution in [0.3, 0.4) is 0 Å². The molecule has 21 heavy (non-hydrogen) atoms. The molecule has 0 aromatic carbocycles. The minimum Gasteiger partial charge on any atom is -0.342 e. The zero-order chi connectivity index (χ0) is 14.5. The molecule has 2 aliphatic heterocycles. The number of rotatable bonds is 4. The number of likely N-dealkylation sites (tertiary alicyclic amines) is 2. The fraction of sp³-hybridized carbons (Fsp3) is 0.647. The molecule has 0 unspecified atom stereocenters. The van der Waals surface area contributed by atoms with Crippen LogP contribution in [0.25, 0.3) is 0 Å². The predicted octanol–water partition coefficient (Wildman–Crippen LogP) is 1.96. The van der Waals surface area contributed by atoms with E-state index in [2.05, 4.69) is 16.0 Å². The Bertz CT molecular complexity index is 456. The molecule has 2 aliphatic rings. The molecule has 0 radical (unpaired) electrons. The van der Waals surface area contributed by atoms with Gasteiger partial charge < -0.3 is 4.90 Å². The van der Waals surface area contributed by atoms with E-state index < -0.39 is 0 Å². The molecule has 3 heterocycles. The second-order valence-corrected chi connectivity index (χ2v) is 6.40. The Hall–Kier alpha value is -1.42. The average molecular weight is 287 g/mol. The van der Waals surface area contributed by atoms with Crippen LogP contribution < -0.4 is 0 Å². The average Bonchev–Trinajstić information content (AvgIpc) is 3.03. The van der Waals surface area contributed by atoms with Crippen LogP contribution >= 0.6 is 0 Å². The second kappa shape index (κ2) is 7.03. The summed E-state index contributed by atoms with van der Waals surface area (Å²) in [5.41, 5.74) is 1.32. The molecule has 114 valence electrons. The van der Waals surface area contributed by atoms with Crippen molar-refractivity contribution in [2.75, 3.05) is 32.7 Å². The topological polar surface area (TPSA) is 36.4 Å². The van der Waals surface area contributed by atoms with Crippen LogP contribution in [0.1, 0.15) is 31.2 Å². The zero-order valence-corrected chi connectivity index (χ0v) is 12.7. The monoisotopic (exact) mass is 287 g/mol. The van der Waals surface area contributed by atoms with Gasteiger partial charge in [-0.25, -0.2) is 0 Å². The molecule has 1 aromatic rings. The Labute approximate surface area is 127 Å². The van der Waals surface area contributed by atoms with Crippen molar-refractivity contribution in [1.82, 2.24) is 14.8 Å². The molecule has 0 saturated carbocycles. The van der Waals surface area contributed by atoms with Crippen molar-refractivity contribution in [3.63, 3.8) is 0 Å². The van der Waals surface area contributed by atoms with Crippen LogP contribution in [-0.4, -0.2) is 53.4 Å². The van der Waals surface area contributed by atoms with E-state index >= 15 is 0 Å². The first kappa shape index (κ1) is 14.5. The fourth-order valence-electron chi connectivity index (χ4n) is 3.57. The molecule has 3 rings (SSSR count). The minimum absolute atomic E-state index is 0.328. The molecule has 0 spiro atoms. The lowest BCUT2D eigenvalue weighted by atomic mass is 9.92. The maximum Gasteiger partial charge on any atom is 0.236 e. The molecule has 4 heteroatoms. The third-order valence-electron chi connectivity index (χ3n) is 4.67. The van der Waals surface area contributed by atoms with Gasteiger partial charge in [0.2, 0.25) is 5.91 Å². The van der Waals surface area contributed by atoms with Gasteiger partial charge in [-0.3, -0.25) is 14.7 Å². The number of piperidine rings is 1. The normalized spacial score (nSPS) is 23.4. The summed E-state index contributed by atoms with van der Waals surface area (Å²) < 4.78 is 0. The number of pyridine rings is 1. The fourth-order valence-corrected chi connectivity index (χ4v) is 3.57. The molecular formula is C17H25N3O. The van der Waals surface area contributed by atoms with Gasteiger partial charge in [0.25, 0.3) is 0 Å². The molecule has 1 amide bonds. The summed E-state index contributed by atoms with van der Waals surface area (Å²) in [6.07, 6.45) is 9.70. The van der Waals surface area contributed by atoms with E-state index in [0.717, 1.165) is 32.6 Å². The van der Waals surface area contributed by atoms with Crippen molar-refractivity contribution in [2.24, 2.45) is 5.92 Å². The minimum atomic E-state index is 0.328. The van der Waals surface area contributed by atoms with Crippen molar-refractivity contribution in [1.29, 1.82) is 0 Å². The number of aromatic nitrogens is 1. The first-order valence-electron chi connectivity index (χ1n) is 8.20.